The highest BCUT2D eigenvalue weighted by Gasteiger charge is 2.44. The molecule has 0 spiro atoms. The number of benzene rings is 1. The lowest BCUT2D eigenvalue weighted by atomic mass is 10.0. The highest BCUT2D eigenvalue weighted by molar-refractivity contribution is 6.23. The van der Waals surface area contributed by atoms with Crippen molar-refractivity contribution in [3.8, 4) is 5.75 Å². The number of nitrogens with zero attached hydrogens (tertiary/aromatic N) is 1. The number of nitrogens with two attached hydrogens (primary N) is 1. The third kappa shape index (κ3) is 5.98. The van der Waals surface area contributed by atoms with Gasteiger partial charge in [0.15, 0.2) is 6.61 Å². The van der Waals surface area contributed by atoms with Gasteiger partial charge in [0.1, 0.15) is 5.75 Å². The van der Waals surface area contributed by atoms with Crippen molar-refractivity contribution in [2.24, 2.45) is 5.73 Å². The molecule has 178 valence electrons. The van der Waals surface area contributed by atoms with Crippen LogP contribution in [0.5, 0.6) is 5.75 Å². The van der Waals surface area contributed by atoms with Gasteiger partial charge in [-0.3, -0.25) is 24.1 Å². The number of nitrogens with one attached hydrogen (secondary N) is 2. The van der Waals surface area contributed by atoms with Gasteiger partial charge in [0, 0.05) is 18.7 Å². The molecule has 0 saturated carbocycles. The summed E-state index contributed by atoms with van der Waals surface area (Å²) >= 11 is 0. The summed E-state index contributed by atoms with van der Waals surface area (Å²) in [5.41, 5.74) is 6.15. The Morgan fingerprint density at radius 1 is 1.12 bits per heavy atom. The Hall–Kier alpha value is -3.20. The minimum atomic E-state index is -0.610. The number of hydrogen-bond donors (Lipinski definition) is 3. The van der Waals surface area contributed by atoms with Gasteiger partial charge in [0.25, 0.3) is 17.7 Å². The van der Waals surface area contributed by atoms with Crippen molar-refractivity contribution in [3.63, 3.8) is 0 Å². The monoisotopic (exact) mass is 456 g/mol. The highest BCUT2D eigenvalue weighted by Crippen LogP contribution is 2.34. The number of carbonyl (C=O) groups is 4. The molecule has 0 aliphatic carbocycles. The summed E-state index contributed by atoms with van der Waals surface area (Å²) in [5, 5.41) is 5.42. The lowest BCUT2D eigenvalue weighted by Gasteiger charge is -2.31. The lowest BCUT2D eigenvalue weighted by molar-refractivity contribution is -0.123. The van der Waals surface area contributed by atoms with E-state index in [9.17, 15) is 19.2 Å². The van der Waals surface area contributed by atoms with Crippen molar-refractivity contribution in [1.29, 1.82) is 0 Å². The number of unbranched alkanes of at least 4 members (excludes halogenated alkanes) is 5. The normalized spacial score (nSPS) is 17.7. The minimum absolute atomic E-state index is 0.137. The van der Waals surface area contributed by atoms with Crippen LogP contribution in [0.25, 0.3) is 0 Å². The fourth-order valence-electron chi connectivity index (χ4n) is 4.13. The summed E-state index contributed by atoms with van der Waals surface area (Å²) in [6.07, 6.45) is 6.91. The van der Waals surface area contributed by atoms with E-state index >= 15 is 0 Å². The average Bonchev–Trinajstić information content (AvgIpc) is 3.05. The fourth-order valence-corrected chi connectivity index (χ4v) is 4.13. The largest absolute Gasteiger partial charge is 0.483 e. The second-order valence-corrected chi connectivity index (χ2v) is 8.34. The number of rotatable bonds is 12. The van der Waals surface area contributed by atoms with Crippen LogP contribution < -0.4 is 21.1 Å². The van der Waals surface area contributed by atoms with Crippen LogP contribution in [0.2, 0.25) is 0 Å². The third-order valence-corrected chi connectivity index (χ3v) is 5.88. The SMILES string of the molecule is C=C1NC(=O)CCC1N1C(=O)c2cccc(OCC(=O)NCCCCCCCCN)c2C1=O. The predicted octanol–water partition coefficient (Wildman–Crippen LogP) is 1.87. The van der Waals surface area contributed by atoms with E-state index in [2.05, 4.69) is 17.2 Å². The number of hydrogen-bond acceptors (Lipinski definition) is 6. The Balaban J connectivity index is 1.52. The van der Waals surface area contributed by atoms with Crippen molar-refractivity contribution >= 4 is 23.6 Å². The summed E-state index contributed by atoms with van der Waals surface area (Å²) < 4.78 is 5.62. The molecular weight excluding hydrogens is 424 g/mol. The topological polar surface area (TPSA) is 131 Å². The molecule has 9 nitrogen and oxygen atoms in total. The molecule has 1 fully saturated rings. The van der Waals surface area contributed by atoms with E-state index in [0.29, 0.717) is 18.7 Å². The van der Waals surface area contributed by atoms with Crippen LogP contribution >= 0.6 is 0 Å². The first kappa shape index (κ1) is 24.4. The number of piperidine rings is 1. The van der Waals surface area contributed by atoms with Crippen LogP contribution in [0, 0.1) is 0 Å². The summed E-state index contributed by atoms with van der Waals surface area (Å²) in [4.78, 5) is 50.9. The Morgan fingerprint density at radius 3 is 2.58 bits per heavy atom. The maximum atomic E-state index is 13.1. The molecule has 1 unspecified atom stereocenters. The van der Waals surface area contributed by atoms with Crippen molar-refractivity contribution in [3.05, 3.63) is 41.6 Å². The second kappa shape index (κ2) is 11.6. The van der Waals surface area contributed by atoms with Crippen LogP contribution in [0.4, 0.5) is 0 Å². The van der Waals surface area contributed by atoms with Gasteiger partial charge in [0.05, 0.1) is 17.2 Å². The van der Waals surface area contributed by atoms with Gasteiger partial charge in [-0.25, -0.2) is 0 Å². The van der Waals surface area contributed by atoms with Crippen molar-refractivity contribution in [2.45, 2.75) is 57.4 Å². The molecule has 9 heteroatoms. The summed E-state index contributed by atoms with van der Waals surface area (Å²) in [6.45, 7) is 4.84. The zero-order valence-electron chi connectivity index (χ0n) is 18.9. The molecule has 0 aromatic heterocycles. The van der Waals surface area contributed by atoms with Crippen LogP contribution in [0.15, 0.2) is 30.5 Å². The van der Waals surface area contributed by atoms with E-state index < -0.39 is 17.9 Å². The third-order valence-electron chi connectivity index (χ3n) is 5.88. The molecule has 4 amide bonds. The standard InChI is InChI=1S/C24H32N4O5/c1-16-18(11-12-20(29)27-16)28-23(31)17-9-8-10-19(22(17)24(28)32)33-15-21(30)26-14-7-5-3-2-4-6-13-25/h8-10,18H,1-7,11-15,25H2,(H,26,30)(H,27,29). The number of carbonyl (C=O) groups excluding carboxylic acids is 4. The molecule has 33 heavy (non-hydrogen) atoms. The Kier molecular flexibility index (Phi) is 8.59. The van der Waals surface area contributed by atoms with E-state index in [-0.39, 0.29) is 41.7 Å². The Labute approximate surface area is 193 Å². The Bertz CT molecular complexity index is 929. The van der Waals surface area contributed by atoms with E-state index in [4.69, 9.17) is 10.5 Å². The number of fused-ring (bicyclic) bond motifs is 1. The van der Waals surface area contributed by atoms with E-state index in [0.717, 1.165) is 50.0 Å². The lowest BCUT2D eigenvalue weighted by Crippen LogP contribution is -2.48. The smallest absolute Gasteiger partial charge is 0.265 e. The molecule has 2 heterocycles. The van der Waals surface area contributed by atoms with Gasteiger partial charge >= 0.3 is 0 Å². The van der Waals surface area contributed by atoms with Gasteiger partial charge < -0.3 is 21.1 Å². The Morgan fingerprint density at radius 2 is 1.85 bits per heavy atom. The highest BCUT2D eigenvalue weighted by atomic mass is 16.5. The number of amides is 4. The van der Waals surface area contributed by atoms with E-state index in [1.54, 1.807) is 18.2 Å². The molecule has 0 bridgehead atoms. The van der Waals surface area contributed by atoms with Crippen LogP contribution in [-0.4, -0.2) is 54.3 Å². The second-order valence-electron chi connectivity index (χ2n) is 8.34. The summed E-state index contributed by atoms with van der Waals surface area (Å²) in [7, 11) is 0. The minimum Gasteiger partial charge on any atom is -0.483 e. The van der Waals surface area contributed by atoms with Gasteiger partial charge in [-0.05, 0) is 37.9 Å². The molecule has 3 rings (SSSR count). The summed E-state index contributed by atoms with van der Waals surface area (Å²) in [5.74, 6) is -1.25. The van der Waals surface area contributed by atoms with Crippen molar-refractivity contribution in [1.82, 2.24) is 15.5 Å². The molecule has 1 aromatic rings. The van der Waals surface area contributed by atoms with Crippen molar-refractivity contribution in [2.75, 3.05) is 19.7 Å². The van der Waals surface area contributed by atoms with Gasteiger partial charge in [-0.15, -0.1) is 0 Å². The fraction of sp³-hybridized carbons (Fsp3) is 0.500. The molecular formula is C24H32N4O5. The number of imide groups is 1. The van der Waals surface area contributed by atoms with Crippen molar-refractivity contribution < 1.29 is 23.9 Å². The van der Waals surface area contributed by atoms with E-state index in [1.807, 2.05) is 0 Å². The van der Waals surface area contributed by atoms with Crippen LogP contribution in [-0.2, 0) is 9.59 Å². The maximum absolute atomic E-state index is 13.1. The maximum Gasteiger partial charge on any atom is 0.265 e. The average molecular weight is 457 g/mol. The zero-order valence-corrected chi connectivity index (χ0v) is 18.9. The first-order valence-electron chi connectivity index (χ1n) is 11.5. The first-order valence-corrected chi connectivity index (χ1v) is 11.5. The molecule has 1 aromatic carbocycles. The zero-order chi connectivity index (χ0) is 23.8. The van der Waals surface area contributed by atoms with E-state index in [1.165, 1.54) is 0 Å². The molecule has 1 saturated heterocycles. The number of ether oxygens (including phenoxy) is 1. The molecule has 4 N–H and O–H groups in total. The van der Waals surface area contributed by atoms with Gasteiger partial charge in [-0.2, -0.15) is 0 Å². The van der Waals surface area contributed by atoms with Crippen LogP contribution in [0.3, 0.4) is 0 Å². The quantitative estimate of drug-likeness (QED) is 0.325. The molecule has 0 radical (unpaired) electrons. The molecule has 2 aliphatic heterocycles. The predicted molar refractivity (Wildman–Crippen MR) is 123 cm³/mol. The summed E-state index contributed by atoms with van der Waals surface area (Å²) in [6, 6.07) is 4.13. The molecule has 2 aliphatic rings. The first-order chi connectivity index (χ1) is 15.9. The van der Waals surface area contributed by atoms with Gasteiger partial charge in [0.2, 0.25) is 5.91 Å². The van der Waals surface area contributed by atoms with Gasteiger partial charge in [-0.1, -0.05) is 38.3 Å². The van der Waals surface area contributed by atoms with Crippen LogP contribution in [0.1, 0.15) is 72.1 Å². The molecule has 1 atom stereocenters.